The van der Waals surface area contributed by atoms with Crippen molar-refractivity contribution < 1.29 is 4.74 Å². The van der Waals surface area contributed by atoms with E-state index in [1.165, 1.54) is 32.1 Å². The Morgan fingerprint density at radius 2 is 1.79 bits per heavy atom. The highest BCUT2D eigenvalue weighted by atomic mass is 16.5. The molecule has 0 saturated carbocycles. The van der Waals surface area contributed by atoms with Crippen LogP contribution in [-0.2, 0) is 4.74 Å². The summed E-state index contributed by atoms with van der Waals surface area (Å²) in [6.45, 7) is 7.37. The van der Waals surface area contributed by atoms with E-state index in [0.717, 1.165) is 6.61 Å². The Morgan fingerprint density at radius 1 is 1.07 bits per heavy atom. The second-order valence-electron chi connectivity index (χ2n) is 3.82. The van der Waals surface area contributed by atoms with Crippen LogP contribution in [0.1, 0.15) is 52.9 Å². The van der Waals surface area contributed by atoms with Crippen molar-refractivity contribution in [2.75, 3.05) is 13.7 Å². The standard InChI is InChI=1S/C12H27NO/c1-5-8-10-11(13-4)12(9-6-2)14-7-3/h11-13H,5-10H2,1-4H3. The Morgan fingerprint density at radius 3 is 2.21 bits per heavy atom. The fraction of sp³-hybridized carbons (Fsp3) is 1.00. The summed E-state index contributed by atoms with van der Waals surface area (Å²) < 4.78 is 5.77. The van der Waals surface area contributed by atoms with Gasteiger partial charge in [0, 0.05) is 12.6 Å². The summed E-state index contributed by atoms with van der Waals surface area (Å²) in [4.78, 5) is 0. The summed E-state index contributed by atoms with van der Waals surface area (Å²) in [5, 5.41) is 3.38. The Hall–Kier alpha value is -0.0800. The zero-order chi connectivity index (χ0) is 10.8. The van der Waals surface area contributed by atoms with Crippen LogP contribution in [-0.4, -0.2) is 25.8 Å². The molecule has 0 heterocycles. The van der Waals surface area contributed by atoms with Gasteiger partial charge in [-0.25, -0.2) is 0 Å². The van der Waals surface area contributed by atoms with E-state index in [9.17, 15) is 0 Å². The topological polar surface area (TPSA) is 21.3 Å². The van der Waals surface area contributed by atoms with Crippen molar-refractivity contribution in [1.82, 2.24) is 5.32 Å². The van der Waals surface area contributed by atoms with E-state index in [1.54, 1.807) is 0 Å². The van der Waals surface area contributed by atoms with Gasteiger partial charge in [0.15, 0.2) is 0 Å². The first-order valence-electron chi connectivity index (χ1n) is 6.08. The van der Waals surface area contributed by atoms with E-state index in [4.69, 9.17) is 4.74 Å². The lowest BCUT2D eigenvalue weighted by Gasteiger charge is -2.26. The molecule has 2 atom stereocenters. The Bertz CT molecular complexity index is 111. The van der Waals surface area contributed by atoms with Crippen LogP contribution in [0.15, 0.2) is 0 Å². The van der Waals surface area contributed by atoms with Crippen LogP contribution in [0.5, 0.6) is 0 Å². The predicted octanol–water partition coefficient (Wildman–Crippen LogP) is 2.97. The fourth-order valence-corrected chi connectivity index (χ4v) is 1.84. The van der Waals surface area contributed by atoms with Gasteiger partial charge in [-0.3, -0.25) is 0 Å². The fourth-order valence-electron chi connectivity index (χ4n) is 1.84. The summed E-state index contributed by atoms with van der Waals surface area (Å²) in [6.07, 6.45) is 6.57. The Labute approximate surface area is 89.4 Å². The van der Waals surface area contributed by atoms with Gasteiger partial charge in [-0.1, -0.05) is 33.1 Å². The molecule has 0 aromatic carbocycles. The third-order valence-corrected chi connectivity index (χ3v) is 2.64. The molecule has 1 N–H and O–H groups in total. The number of ether oxygens (including phenoxy) is 1. The first-order valence-corrected chi connectivity index (χ1v) is 6.08. The maximum absolute atomic E-state index is 5.77. The second-order valence-corrected chi connectivity index (χ2v) is 3.82. The number of nitrogens with one attached hydrogen (secondary N) is 1. The van der Waals surface area contributed by atoms with Crippen molar-refractivity contribution in [2.45, 2.75) is 65.0 Å². The SMILES string of the molecule is CCCCC(NC)C(CCC)OCC. The molecule has 0 aliphatic heterocycles. The van der Waals surface area contributed by atoms with Gasteiger partial charge in [0.2, 0.25) is 0 Å². The monoisotopic (exact) mass is 201 g/mol. The molecule has 0 aromatic rings. The molecule has 2 unspecified atom stereocenters. The highest BCUT2D eigenvalue weighted by Crippen LogP contribution is 2.12. The lowest BCUT2D eigenvalue weighted by molar-refractivity contribution is 0.0273. The predicted molar refractivity (Wildman–Crippen MR) is 62.7 cm³/mol. The van der Waals surface area contributed by atoms with Crippen molar-refractivity contribution in [3.63, 3.8) is 0 Å². The molecule has 2 nitrogen and oxygen atoms in total. The maximum atomic E-state index is 5.77. The number of hydrogen-bond donors (Lipinski definition) is 1. The van der Waals surface area contributed by atoms with Crippen LogP contribution in [0.2, 0.25) is 0 Å². The summed E-state index contributed by atoms with van der Waals surface area (Å²) in [5.74, 6) is 0. The third kappa shape index (κ3) is 5.61. The van der Waals surface area contributed by atoms with Crippen molar-refractivity contribution in [2.24, 2.45) is 0 Å². The summed E-state index contributed by atoms with van der Waals surface area (Å²) in [6, 6.07) is 0.537. The van der Waals surface area contributed by atoms with E-state index in [-0.39, 0.29) is 0 Å². The molecule has 0 amide bonds. The molecule has 2 heteroatoms. The summed E-state index contributed by atoms with van der Waals surface area (Å²) in [5.41, 5.74) is 0. The minimum Gasteiger partial charge on any atom is -0.377 e. The number of hydrogen-bond acceptors (Lipinski definition) is 2. The van der Waals surface area contributed by atoms with Crippen LogP contribution >= 0.6 is 0 Å². The second kappa shape index (κ2) is 9.47. The van der Waals surface area contributed by atoms with Crippen molar-refractivity contribution >= 4 is 0 Å². The average Bonchev–Trinajstić information content (AvgIpc) is 2.19. The van der Waals surface area contributed by atoms with Gasteiger partial charge in [0.05, 0.1) is 6.10 Å². The zero-order valence-electron chi connectivity index (χ0n) is 10.3. The van der Waals surface area contributed by atoms with Gasteiger partial charge in [0.25, 0.3) is 0 Å². The molecule has 0 bridgehead atoms. The molecule has 0 spiro atoms. The molecule has 0 aromatic heterocycles. The lowest BCUT2D eigenvalue weighted by Crippen LogP contribution is -2.39. The maximum Gasteiger partial charge on any atom is 0.0727 e. The van der Waals surface area contributed by atoms with Gasteiger partial charge in [-0.2, -0.15) is 0 Å². The van der Waals surface area contributed by atoms with Gasteiger partial charge < -0.3 is 10.1 Å². The van der Waals surface area contributed by atoms with Crippen LogP contribution in [0.25, 0.3) is 0 Å². The first-order chi connectivity index (χ1) is 6.79. The van der Waals surface area contributed by atoms with Crippen LogP contribution in [0, 0.1) is 0 Å². The van der Waals surface area contributed by atoms with Crippen LogP contribution < -0.4 is 5.32 Å². The molecule has 0 aliphatic carbocycles. The van der Waals surface area contributed by atoms with E-state index in [0.29, 0.717) is 12.1 Å². The van der Waals surface area contributed by atoms with Gasteiger partial charge in [-0.15, -0.1) is 0 Å². The van der Waals surface area contributed by atoms with Crippen molar-refractivity contribution in [3.05, 3.63) is 0 Å². The quantitative estimate of drug-likeness (QED) is 0.619. The van der Waals surface area contributed by atoms with E-state index >= 15 is 0 Å². The Balaban J connectivity index is 3.96. The third-order valence-electron chi connectivity index (χ3n) is 2.64. The van der Waals surface area contributed by atoms with Crippen molar-refractivity contribution in [1.29, 1.82) is 0 Å². The molecule has 0 rings (SSSR count). The van der Waals surface area contributed by atoms with E-state index in [1.807, 2.05) is 7.05 Å². The largest absolute Gasteiger partial charge is 0.377 e. The average molecular weight is 201 g/mol. The number of likely N-dealkylation sites (N-methyl/N-ethyl adjacent to an activating group) is 1. The minimum absolute atomic E-state index is 0.404. The smallest absolute Gasteiger partial charge is 0.0727 e. The van der Waals surface area contributed by atoms with E-state index < -0.39 is 0 Å². The number of rotatable bonds is 9. The summed E-state index contributed by atoms with van der Waals surface area (Å²) >= 11 is 0. The highest BCUT2D eigenvalue weighted by Gasteiger charge is 2.18. The van der Waals surface area contributed by atoms with Gasteiger partial charge in [-0.05, 0) is 26.8 Å². The Kier molecular flexibility index (Phi) is 9.42. The van der Waals surface area contributed by atoms with Crippen molar-refractivity contribution in [3.8, 4) is 0 Å². The molecule has 0 aliphatic rings. The minimum atomic E-state index is 0.404. The summed E-state index contributed by atoms with van der Waals surface area (Å²) in [7, 11) is 2.04. The van der Waals surface area contributed by atoms with Crippen LogP contribution in [0.3, 0.4) is 0 Å². The molecule has 14 heavy (non-hydrogen) atoms. The van der Waals surface area contributed by atoms with E-state index in [2.05, 4.69) is 26.1 Å². The molecular weight excluding hydrogens is 174 g/mol. The molecular formula is C12H27NO. The number of unbranched alkanes of at least 4 members (excludes halogenated alkanes) is 1. The zero-order valence-corrected chi connectivity index (χ0v) is 10.3. The van der Waals surface area contributed by atoms with Gasteiger partial charge >= 0.3 is 0 Å². The first kappa shape index (κ1) is 13.9. The van der Waals surface area contributed by atoms with Crippen LogP contribution in [0.4, 0.5) is 0 Å². The molecule has 86 valence electrons. The molecule has 0 fully saturated rings. The molecule has 0 radical (unpaired) electrons. The van der Waals surface area contributed by atoms with Gasteiger partial charge in [0.1, 0.15) is 0 Å². The highest BCUT2D eigenvalue weighted by molar-refractivity contribution is 4.75. The molecule has 0 saturated heterocycles. The lowest BCUT2D eigenvalue weighted by atomic mass is 10.0. The normalized spacial score (nSPS) is 15.4.